The summed E-state index contributed by atoms with van der Waals surface area (Å²) >= 11 is 0. The number of pyridine rings is 1. The molecule has 2 rings (SSSR count). The molecule has 2 aromatic rings. The molecule has 18 heavy (non-hydrogen) atoms. The number of rotatable bonds is 5. The molecule has 0 aromatic carbocycles. The van der Waals surface area contributed by atoms with Gasteiger partial charge < -0.3 is 14.6 Å². The second-order valence-corrected chi connectivity index (χ2v) is 3.88. The Morgan fingerprint density at radius 2 is 2.33 bits per heavy atom. The predicted molar refractivity (Wildman–Crippen MR) is 64.1 cm³/mol. The van der Waals surface area contributed by atoms with Crippen LogP contribution in [-0.2, 0) is 4.74 Å². The summed E-state index contributed by atoms with van der Waals surface area (Å²) in [6.45, 7) is 2.16. The second-order valence-electron chi connectivity index (χ2n) is 3.88. The first-order chi connectivity index (χ1) is 8.63. The number of fused-ring (bicyclic) bond motifs is 1. The van der Waals surface area contributed by atoms with Gasteiger partial charge in [-0.3, -0.25) is 4.40 Å². The number of nitrogens with zero attached hydrogens (tertiary/aromatic N) is 2. The Morgan fingerprint density at radius 1 is 1.56 bits per heavy atom. The molecule has 0 saturated carbocycles. The number of ether oxygens (including phenoxy) is 2. The first kappa shape index (κ1) is 12.4. The third-order valence-electron chi connectivity index (χ3n) is 2.41. The molecule has 0 aliphatic rings. The number of carboxylic acid groups (broad SMARTS) is 1. The van der Waals surface area contributed by atoms with E-state index in [0.717, 1.165) is 0 Å². The first-order valence-electron chi connectivity index (χ1n) is 5.49. The van der Waals surface area contributed by atoms with Crippen molar-refractivity contribution in [2.24, 2.45) is 0 Å². The van der Waals surface area contributed by atoms with Gasteiger partial charge in [-0.05, 0) is 19.1 Å². The smallest absolute Gasteiger partial charge is 0.358 e. The Labute approximate surface area is 104 Å². The van der Waals surface area contributed by atoms with Gasteiger partial charge in [0, 0.05) is 13.3 Å². The Balaban J connectivity index is 2.43. The van der Waals surface area contributed by atoms with E-state index >= 15 is 0 Å². The molecule has 1 N–H and O–H groups in total. The molecule has 0 aliphatic carbocycles. The molecule has 96 valence electrons. The molecule has 6 nitrogen and oxygen atoms in total. The molecule has 0 fully saturated rings. The van der Waals surface area contributed by atoms with Crippen molar-refractivity contribution < 1.29 is 19.4 Å². The van der Waals surface area contributed by atoms with E-state index < -0.39 is 5.97 Å². The highest BCUT2D eigenvalue weighted by molar-refractivity contribution is 5.89. The molecule has 1 atom stereocenters. The lowest BCUT2D eigenvalue weighted by Gasteiger charge is -2.11. The van der Waals surface area contributed by atoms with Gasteiger partial charge in [0.05, 0.1) is 6.61 Å². The first-order valence-corrected chi connectivity index (χ1v) is 5.49. The van der Waals surface area contributed by atoms with Crippen LogP contribution in [0.25, 0.3) is 5.65 Å². The molecule has 0 saturated heterocycles. The molecule has 0 radical (unpaired) electrons. The molecule has 0 bridgehead atoms. The number of carbonyl (C=O) groups is 1. The van der Waals surface area contributed by atoms with Crippen molar-refractivity contribution in [3.05, 3.63) is 30.1 Å². The molecule has 2 aromatic heterocycles. The van der Waals surface area contributed by atoms with Crippen LogP contribution < -0.4 is 4.74 Å². The van der Waals surface area contributed by atoms with Gasteiger partial charge in [0.15, 0.2) is 5.69 Å². The standard InChI is InChI=1S/C12H14N2O4/c1-8(7-17-2)18-11-10(12(15)16)14-6-4-3-5-9(14)13-11/h3-6,8H,7H2,1-2H3,(H,15,16). The van der Waals surface area contributed by atoms with Crippen LogP contribution in [0.3, 0.4) is 0 Å². The van der Waals surface area contributed by atoms with Crippen molar-refractivity contribution in [3.8, 4) is 5.88 Å². The SMILES string of the molecule is COCC(C)Oc1nc2ccccn2c1C(=O)O. The minimum absolute atomic E-state index is 0.0218. The highest BCUT2D eigenvalue weighted by Crippen LogP contribution is 2.21. The molecular formula is C12H14N2O4. The maximum atomic E-state index is 11.3. The van der Waals surface area contributed by atoms with E-state index in [-0.39, 0.29) is 17.7 Å². The van der Waals surface area contributed by atoms with Crippen molar-refractivity contribution in [2.45, 2.75) is 13.0 Å². The summed E-state index contributed by atoms with van der Waals surface area (Å²) in [6, 6.07) is 5.25. The molecule has 0 aliphatic heterocycles. The Morgan fingerprint density at radius 3 is 3.00 bits per heavy atom. The van der Waals surface area contributed by atoms with Crippen LogP contribution in [0.4, 0.5) is 0 Å². The third kappa shape index (κ3) is 2.28. The largest absolute Gasteiger partial charge is 0.476 e. The van der Waals surface area contributed by atoms with Crippen molar-refractivity contribution in [1.29, 1.82) is 0 Å². The topological polar surface area (TPSA) is 73.1 Å². The van der Waals surface area contributed by atoms with Crippen LogP contribution in [0.2, 0.25) is 0 Å². The van der Waals surface area contributed by atoms with Crippen LogP contribution >= 0.6 is 0 Å². The molecule has 6 heteroatoms. The minimum Gasteiger partial charge on any atom is -0.476 e. The summed E-state index contributed by atoms with van der Waals surface area (Å²) in [5.74, 6) is -0.966. The lowest BCUT2D eigenvalue weighted by Crippen LogP contribution is -2.19. The lowest BCUT2D eigenvalue weighted by molar-refractivity contribution is 0.0662. The summed E-state index contributed by atoms with van der Waals surface area (Å²) in [7, 11) is 1.56. The fraction of sp³-hybridized carbons (Fsp3) is 0.333. The third-order valence-corrected chi connectivity index (χ3v) is 2.41. The Bertz CT molecular complexity index is 564. The average molecular weight is 250 g/mol. The minimum atomic E-state index is -1.08. The summed E-state index contributed by atoms with van der Waals surface area (Å²) in [6.07, 6.45) is 1.37. The Hall–Kier alpha value is -2.08. The van der Waals surface area contributed by atoms with Gasteiger partial charge in [0.2, 0.25) is 5.88 Å². The molecule has 0 amide bonds. The number of methoxy groups -OCH3 is 1. The monoisotopic (exact) mass is 250 g/mol. The van der Waals surface area contributed by atoms with Gasteiger partial charge in [-0.2, -0.15) is 4.98 Å². The maximum Gasteiger partial charge on any atom is 0.358 e. The van der Waals surface area contributed by atoms with Crippen molar-refractivity contribution in [3.63, 3.8) is 0 Å². The second kappa shape index (κ2) is 5.05. The normalized spacial score (nSPS) is 12.6. The van der Waals surface area contributed by atoms with Crippen LogP contribution in [0.1, 0.15) is 17.4 Å². The van der Waals surface area contributed by atoms with Gasteiger partial charge >= 0.3 is 5.97 Å². The van der Waals surface area contributed by atoms with Crippen molar-refractivity contribution in [1.82, 2.24) is 9.38 Å². The van der Waals surface area contributed by atoms with Gasteiger partial charge in [-0.15, -0.1) is 0 Å². The predicted octanol–water partition coefficient (Wildman–Crippen LogP) is 1.45. The van der Waals surface area contributed by atoms with Crippen molar-refractivity contribution in [2.75, 3.05) is 13.7 Å². The fourth-order valence-corrected chi connectivity index (χ4v) is 1.71. The van der Waals surface area contributed by atoms with Crippen LogP contribution in [0.15, 0.2) is 24.4 Å². The fourth-order valence-electron chi connectivity index (χ4n) is 1.71. The molecular weight excluding hydrogens is 236 g/mol. The van der Waals surface area contributed by atoms with Crippen LogP contribution in [-0.4, -0.2) is 40.3 Å². The lowest BCUT2D eigenvalue weighted by atomic mass is 10.4. The van der Waals surface area contributed by atoms with E-state index in [2.05, 4.69) is 4.98 Å². The summed E-state index contributed by atoms with van der Waals surface area (Å²) < 4.78 is 11.9. The number of hydrogen-bond acceptors (Lipinski definition) is 4. The maximum absolute atomic E-state index is 11.3. The summed E-state index contributed by atoms with van der Waals surface area (Å²) in [5.41, 5.74) is 0.558. The van der Waals surface area contributed by atoms with Crippen LogP contribution in [0.5, 0.6) is 5.88 Å². The van der Waals surface area contributed by atoms with Gasteiger partial charge in [-0.1, -0.05) is 6.07 Å². The average Bonchev–Trinajstić information content (AvgIpc) is 2.66. The van der Waals surface area contributed by atoms with Crippen LogP contribution in [0, 0.1) is 0 Å². The molecule has 2 heterocycles. The van der Waals surface area contributed by atoms with Gasteiger partial charge in [0.1, 0.15) is 11.8 Å². The Kier molecular flexibility index (Phi) is 3.47. The van der Waals surface area contributed by atoms with E-state index in [4.69, 9.17) is 9.47 Å². The molecule has 1 unspecified atom stereocenters. The highest BCUT2D eigenvalue weighted by atomic mass is 16.5. The number of aromatic carboxylic acids is 1. The zero-order chi connectivity index (χ0) is 13.1. The number of imidazole rings is 1. The van der Waals surface area contributed by atoms with E-state index in [1.807, 2.05) is 0 Å². The number of hydrogen-bond donors (Lipinski definition) is 1. The summed E-state index contributed by atoms with van der Waals surface area (Å²) in [4.78, 5) is 15.4. The number of aromatic nitrogens is 2. The zero-order valence-electron chi connectivity index (χ0n) is 10.2. The van der Waals surface area contributed by atoms with E-state index in [1.165, 1.54) is 4.40 Å². The van der Waals surface area contributed by atoms with Gasteiger partial charge in [0.25, 0.3) is 0 Å². The molecule has 0 spiro atoms. The summed E-state index contributed by atoms with van der Waals surface area (Å²) in [5, 5.41) is 9.22. The van der Waals surface area contributed by atoms with E-state index in [0.29, 0.717) is 12.3 Å². The van der Waals surface area contributed by atoms with E-state index in [1.54, 1.807) is 38.4 Å². The van der Waals surface area contributed by atoms with Crippen molar-refractivity contribution >= 4 is 11.6 Å². The van der Waals surface area contributed by atoms with E-state index in [9.17, 15) is 9.90 Å². The quantitative estimate of drug-likeness (QED) is 0.869. The highest BCUT2D eigenvalue weighted by Gasteiger charge is 2.21. The zero-order valence-corrected chi connectivity index (χ0v) is 10.2. The number of carboxylic acids is 1. The van der Waals surface area contributed by atoms with Gasteiger partial charge in [-0.25, -0.2) is 4.79 Å².